The van der Waals surface area contributed by atoms with E-state index in [4.69, 9.17) is 0 Å². The second-order valence-corrected chi connectivity index (χ2v) is 7.34. The molecule has 4 unspecified atom stereocenters. The number of fused-ring (bicyclic) bond motifs is 1. The number of hydrogen-bond donors (Lipinski definition) is 2. The van der Waals surface area contributed by atoms with Crippen molar-refractivity contribution >= 4 is 17.8 Å². The lowest BCUT2D eigenvalue weighted by atomic mass is 9.94. The van der Waals surface area contributed by atoms with Gasteiger partial charge in [0.1, 0.15) is 12.1 Å². The fourth-order valence-electron chi connectivity index (χ4n) is 4.68. The molecule has 0 aromatic carbocycles. The third kappa shape index (κ3) is 3.08. The fourth-order valence-corrected chi connectivity index (χ4v) is 4.68. The number of hydrogen-bond acceptors (Lipinski definition) is 3. The number of carboxylic acid groups (broad SMARTS) is 1. The lowest BCUT2D eigenvalue weighted by Crippen LogP contribution is -2.52. The first-order chi connectivity index (χ1) is 11.0. The highest BCUT2D eigenvalue weighted by Gasteiger charge is 2.50. The zero-order valence-electron chi connectivity index (χ0n) is 13.7. The fraction of sp³-hybridized carbons (Fsp3) is 0.824. The Balaban J connectivity index is 1.64. The van der Waals surface area contributed by atoms with Gasteiger partial charge in [0.15, 0.2) is 0 Å². The Morgan fingerprint density at radius 1 is 1.09 bits per heavy atom. The predicted molar refractivity (Wildman–Crippen MR) is 83.5 cm³/mol. The predicted octanol–water partition coefficient (Wildman–Crippen LogP) is 1.39. The first-order valence-corrected chi connectivity index (χ1v) is 8.82. The van der Waals surface area contributed by atoms with Gasteiger partial charge < -0.3 is 15.3 Å². The van der Waals surface area contributed by atoms with Crippen LogP contribution in [0.25, 0.3) is 0 Å². The molecule has 128 valence electrons. The van der Waals surface area contributed by atoms with Crippen LogP contribution < -0.4 is 5.32 Å². The van der Waals surface area contributed by atoms with Crippen molar-refractivity contribution in [2.75, 3.05) is 6.54 Å². The largest absolute Gasteiger partial charge is 0.480 e. The minimum Gasteiger partial charge on any atom is -0.480 e. The van der Waals surface area contributed by atoms with Crippen molar-refractivity contribution in [1.82, 2.24) is 10.2 Å². The summed E-state index contributed by atoms with van der Waals surface area (Å²) in [5.74, 6) is -0.833. The second-order valence-electron chi connectivity index (χ2n) is 7.34. The van der Waals surface area contributed by atoms with Crippen molar-refractivity contribution in [2.24, 2.45) is 17.8 Å². The number of nitrogens with one attached hydrogen (secondary N) is 1. The van der Waals surface area contributed by atoms with Gasteiger partial charge in [-0.2, -0.15) is 0 Å². The summed E-state index contributed by atoms with van der Waals surface area (Å²) < 4.78 is 0. The Morgan fingerprint density at radius 2 is 1.78 bits per heavy atom. The van der Waals surface area contributed by atoms with E-state index in [1.54, 1.807) is 6.92 Å². The van der Waals surface area contributed by atoms with E-state index < -0.39 is 18.1 Å². The summed E-state index contributed by atoms with van der Waals surface area (Å²) in [6, 6.07) is -1.37. The maximum atomic E-state index is 12.7. The van der Waals surface area contributed by atoms with Crippen LogP contribution in [0.4, 0.5) is 0 Å². The molecule has 23 heavy (non-hydrogen) atoms. The Labute approximate surface area is 136 Å². The average molecular weight is 322 g/mol. The third-order valence-corrected chi connectivity index (χ3v) is 5.88. The number of nitrogens with zero attached hydrogens (tertiary/aromatic N) is 1. The highest BCUT2D eigenvalue weighted by atomic mass is 16.4. The Morgan fingerprint density at radius 3 is 2.43 bits per heavy atom. The van der Waals surface area contributed by atoms with Gasteiger partial charge >= 0.3 is 5.97 Å². The SMILES string of the molecule is CC(NC(=O)C1CCCC1)C(=O)N1CC2CCCC2C1C(=O)O. The van der Waals surface area contributed by atoms with E-state index in [1.807, 2.05) is 0 Å². The molecule has 2 amide bonds. The van der Waals surface area contributed by atoms with Gasteiger partial charge in [-0.15, -0.1) is 0 Å². The summed E-state index contributed by atoms with van der Waals surface area (Å²) in [5, 5.41) is 12.3. The number of carbonyl (C=O) groups is 3. The second kappa shape index (κ2) is 6.49. The average Bonchev–Trinajstić information content (AvgIpc) is 3.21. The van der Waals surface area contributed by atoms with Gasteiger partial charge in [0.25, 0.3) is 0 Å². The van der Waals surface area contributed by atoms with Gasteiger partial charge in [-0.25, -0.2) is 4.79 Å². The van der Waals surface area contributed by atoms with Crippen molar-refractivity contribution in [3.63, 3.8) is 0 Å². The van der Waals surface area contributed by atoms with E-state index in [1.165, 1.54) is 4.90 Å². The van der Waals surface area contributed by atoms with E-state index in [-0.39, 0.29) is 23.7 Å². The number of carboxylic acids is 1. The Bertz CT molecular complexity index is 501. The number of amides is 2. The van der Waals surface area contributed by atoms with Crippen LogP contribution in [0.15, 0.2) is 0 Å². The van der Waals surface area contributed by atoms with E-state index >= 15 is 0 Å². The van der Waals surface area contributed by atoms with Gasteiger partial charge in [0.05, 0.1) is 0 Å². The van der Waals surface area contributed by atoms with Gasteiger partial charge in [0, 0.05) is 12.5 Å². The molecule has 0 aromatic heterocycles. The molecule has 0 spiro atoms. The monoisotopic (exact) mass is 322 g/mol. The molecule has 0 radical (unpaired) electrons. The van der Waals surface area contributed by atoms with Crippen LogP contribution in [-0.2, 0) is 14.4 Å². The van der Waals surface area contributed by atoms with Crippen LogP contribution >= 0.6 is 0 Å². The van der Waals surface area contributed by atoms with Gasteiger partial charge in [-0.05, 0) is 44.4 Å². The maximum Gasteiger partial charge on any atom is 0.326 e. The van der Waals surface area contributed by atoms with E-state index in [9.17, 15) is 19.5 Å². The van der Waals surface area contributed by atoms with Gasteiger partial charge in [0.2, 0.25) is 11.8 Å². The molecule has 3 rings (SSSR count). The van der Waals surface area contributed by atoms with E-state index in [0.717, 1.165) is 44.9 Å². The molecule has 6 nitrogen and oxygen atoms in total. The van der Waals surface area contributed by atoms with Crippen LogP contribution in [0, 0.1) is 17.8 Å². The molecule has 0 bridgehead atoms. The van der Waals surface area contributed by atoms with Crippen LogP contribution in [0.3, 0.4) is 0 Å². The normalized spacial score (nSPS) is 31.9. The Kier molecular flexibility index (Phi) is 4.60. The smallest absolute Gasteiger partial charge is 0.326 e. The van der Waals surface area contributed by atoms with Gasteiger partial charge in [-0.3, -0.25) is 9.59 Å². The zero-order valence-corrected chi connectivity index (χ0v) is 13.7. The zero-order chi connectivity index (χ0) is 16.6. The van der Waals surface area contributed by atoms with Crippen molar-refractivity contribution < 1.29 is 19.5 Å². The molecule has 0 aromatic rings. The van der Waals surface area contributed by atoms with Crippen molar-refractivity contribution in [3.8, 4) is 0 Å². The molecule has 4 atom stereocenters. The quantitative estimate of drug-likeness (QED) is 0.819. The maximum absolute atomic E-state index is 12.7. The molecule has 3 fully saturated rings. The molecular weight excluding hydrogens is 296 g/mol. The molecule has 1 saturated heterocycles. The van der Waals surface area contributed by atoms with Crippen LogP contribution in [0.5, 0.6) is 0 Å². The summed E-state index contributed by atoms with van der Waals surface area (Å²) in [4.78, 5) is 38.0. The summed E-state index contributed by atoms with van der Waals surface area (Å²) in [6.45, 7) is 2.19. The van der Waals surface area contributed by atoms with Crippen LogP contribution in [0.1, 0.15) is 51.9 Å². The lowest BCUT2D eigenvalue weighted by Gasteiger charge is -2.28. The molecule has 2 aliphatic carbocycles. The molecular formula is C17H26N2O4. The summed E-state index contributed by atoms with van der Waals surface area (Å²) in [6.07, 6.45) is 6.84. The minimum atomic E-state index is -0.915. The Hall–Kier alpha value is -1.59. The standard InChI is InChI=1S/C17H26N2O4/c1-10(18-15(20)11-5-2-3-6-11)16(21)19-9-12-7-4-8-13(12)14(19)17(22)23/h10-14H,2-9H2,1H3,(H,18,20)(H,22,23). The first kappa shape index (κ1) is 16.3. The molecule has 3 aliphatic rings. The number of rotatable bonds is 4. The number of likely N-dealkylation sites (tertiary alicyclic amines) is 1. The van der Waals surface area contributed by atoms with Gasteiger partial charge in [-0.1, -0.05) is 19.3 Å². The molecule has 2 N–H and O–H groups in total. The topological polar surface area (TPSA) is 86.7 Å². The summed E-state index contributed by atoms with van der Waals surface area (Å²) in [7, 11) is 0. The molecule has 1 aliphatic heterocycles. The highest BCUT2D eigenvalue weighted by Crippen LogP contribution is 2.42. The third-order valence-electron chi connectivity index (χ3n) is 5.88. The summed E-state index contributed by atoms with van der Waals surface area (Å²) in [5.41, 5.74) is 0. The lowest BCUT2D eigenvalue weighted by molar-refractivity contribution is -0.150. The van der Waals surface area contributed by atoms with Crippen molar-refractivity contribution in [2.45, 2.75) is 64.0 Å². The summed E-state index contributed by atoms with van der Waals surface area (Å²) >= 11 is 0. The van der Waals surface area contributed by atoms with Crippen molar-refractivity contribution in [1.29, 1.82) is 0 Å². The van der Waals surface area contributed by atoms with Crippen LogP contribution in [0.2, 0.25) is 0 Å². The van der Waals surface area contributed by atoms with E-state index in [2.05, 4.69) is 5.32 Å². The molecule has 6 heteroatoms. The van der Waals surface area contributed by atoms with Crippen LogP contribution in [-0.4, -0.2) is 46.4 Å². The molecule has 2 saturated carbocycles. The van der Waals surface area contributed by atoms with E-state index in [0.29, 0.717) is 12.5 Å². The number of aliphatic carboxylic acids is 1. The van der Waals surface area contributed by atoms with Crippen molar-refractivity contribution in [3.05, 3.63) is 0 Å². The number of carbonyl (C=O) groups excluding carboxylic acids is 2. The molecule has 1 heterocycles. The highest BCUT2D eigenvalue weighted by molar-refractivity contribution is 5.91. The minimum absolute atomic E-state index is 0.0125. The first-order valence-electron chi connectivity index (χ1n) is 8.82.